The Morgan fingerprint density at radius 2 is 1.91 bits per heavy atom. The molecule has 2 aromatic carbocycles. The number of carbonyl (C=O) groups excluding carboxylic acids is 1. The second-order valence-electron chi connectivity index (χ2n) is 5.40. The Kier molecular flexibility index (Phi) is 4.60. The molecule has 3 rings (SSSR count). The first-order valence-electron chi connectivity index (χ1n) is 7.24. The summed E-state index contributed by atoms with van der Waals surface area (Å²) in [5.41, 5.74) is 1.63. The van der Waals surface area contributed by atoms with E-state index in [-0.39, 0.29) is 18.4 Å². The minimum atomic E-state index is -0.210. The van der Waals surface area contributed by atoms with E-state index in [1.54, 1.807) is 18.2 Å². The van der Waals surface area contributed by atoms with Crippen molar-refractivity contribution in [2.24, 2.45) is 0 Å². The third-order valence-corrected chi connectivity index (χ3v) is 4.34. The summed E-state index contributed by atoms with van der Waals surface area (Å²) in [5.74, 6) is 0.630. The number of fused-ring (bicyclic) bond motifs is 1. The van der Waals surface area contributed by atoms with E-state index >= 15 is 0 Å². The fraction of sp³-hybridized carbons (Fsp3) is 0.167. The second-order valence-corrected chi connectivity index (χ2v) is 6.22. The van der Waals surface area contributed by atoms with Crippen LogP contribution in [0.5, 0.6) is 0 Å². The molecule has 0 aliphatic heterocycles. The highest BCUT2D eigenvalue weighted by Crippen LogP contribution is 2.24. The Bertz CT molecular complexity index is 824. The zero-order valence-corrected chi connectivity index (χ0v) is 14.0. The maximum Gasteiger partial charge on any atom is 0.224 e. The van der Waals surface area contributed by atoms with Crippen LogP contribution >= 0.6 is 23.2 Å². The van der Waals surface area contributed by atoms with Gasteiger partial charge in [0.1, 0.15) is 11.3 Å². The van der Waals surface area contributed by atoms with E-state index in [0.717, 1.165) is 22.3 Å². The third kappa shape index (κ3) is 3.69. The number of hydrogen-bond donors (Lipinski definition) is 1. The van der Waals surface area contributed by atoms with Crippen molar-refractivity contribution in [3.63, 3.8) is 0 Å². The molecule has 23 heavy (non-hydrogen) atoms. The molecule has 1 atom stereocenters. The van der Waals surface area contributed by atoms with Crippen LogP contribution in [0.1, 0.15) is 24.3 Å². The van der Waals surface area contributed by atoms with Gasteiger partial charge in [-0.2, -0.15) is 0 Å². The van der Waals surface area contributed by atoms with Crippen molar-refractivity contribution < 1.29 is 9.21 Å². The number of carbonyl (C=O) groups is 1. The molecule has 1 N–H and O–H groups in total. The average Bonchev–Trinajstić information content (AvgIpc) is 2.95. The molecule has 0 aliphatic carbocycles. The molecular formula is C18H15Cl2NO2. The highest BCUT2D eigenvalue weighted by atomic mass is 35.5. The maximum atomic E-state index is 12.2. The fourth-order valence-corrected chi connectivity index (χ4v) is 2.74. The van der Waals surface area contributed by atoms with E-state index < -0.39 is 0 Å². The Balaban J connectivity index is 1.67. The first-order valence-corrected chi connectivity index (χ1v) is 8.00. The normalized spacial score (nSPS) is 12.3. The molecule has 5 heteroatoms. The van der Waals surface area contributed by atoms with Crippen LogP contribution < -0.4 is 5.32 Å². The van der Waals surface area contributed by atoms with Crippen LogP contribution in [-0.4, -0.2) is 5.91 Å². The van der Waals surface area contributed by atoms with Crippen molar-refractivity contribution in [1.82, 2.24) is 5.32 Å². The lowest BCUT2D eigenvalue weighted by atomic mass is 10.1. The Hall–Kier alpha value is -1.97. The molecule has 1 aromatic heterocycles. The maximum absolute atomic E-state index is 12.2. The van der Waals surface area contributed by atoms with Gasteiger partial charge < -0.3 is 9.73 Å². The van der Waals surface area contributed by atoms with E-state index in [9.17, 15) is 4.79 Å². The number of nitrogens with one attached hydrogen (secondary N) is 1. The van der Waals surface area contributed by atoms with E-state index in [4.69, 9.17) is 27.6 Å². The van der Waals surface area contributed by atoms with Crippen molar-refractivity contribution in [3.05, 3.63) is 69.9 Å². The molecular weight excluding hydrogens is 333 g/mol. The number of benzene rings is 2. The molecule has 0 saturated heterocycles. The van der Waals surface area contributed by atoms with E-state index in [1.807, 2.05) is 37.3 Å². The number of furan rings is 1. The molecule has 0 spiro atoms. The number of rotatable bonds is 4. The molecule has 1 heterocycles. The Morgan fingerprint density at radius 1 is 1.13 bits per heavy atom. The quantitative estimate of drug-likeness (QED) is 0.708. The lowest BCUT2D eigenvalue weighted by Gasteiger charge is -2.11. The van der Waals surface area contributed by atoms with Crippen LogP contribution in [0.2, 0.25) is 10.0 Å². The van der Waals surface area contributed by atoms with E-state index in [2.05, 4.69) is 5.32 Å². The summed E-state index contributed by atoms with van der Waals surface area (Å²) in [5, 5.41) is 4.88. The summed E-state index contributed by atoms with van der Waals surface area (Å²) in [6.45, 7) is 1.89. The van der Waals surface area contributed by atoms with E-state index in [1.165, 1.54) is 0 Å². The Labute approximate surface area is 144 Å². The largest absolute Gasteiger partial charge is 0.459 e. The topological polar surface area (TPSA) is 42.2 Å². The summed E-state index contributed by atoms with van der Waals surface area (Å²) in [6.07, 6.45) is 0.238. The smallest absolute Gasteiger partial charge is 0.224 e. The molecule has 1 amide bonds. The highest BCUT2D eigenvalue weighted by molar-refractivity contribution is 6.42. The summed E-state index contributed by atoms with van der Waals surface area (Å²) >= 11 is 11.8. The number of amides is 1. The van der Waals surface area contributed by atoms with Gasteiger partial charge in [-0.15, -0.1) is 0 Å². The zero-order valence-electron chi connectivity index (χ0n) is 12.5. The number of halogens is 2. The molecule has 3 nitrogen and oxygen atoms in total. The van der Waals surface area contributed by atoms with Crippen LogP contribution in [0, 0.1) is 0 Å². The van der Waals surface area contributed by atoms with Crippen LogP contribution in [0.4, 0.5) is 0 Å². The van der Waals surface area contributed by atoms with Gasteiger partial charge in [-0.25, -0.2) is 0 Å². The minimum Gasteiger partial charge on any atom is -0.459 e. The zero-order chi connectivity index (χ0) is 16.4. The molecule has 118 valence electrons. The fourth-order valence-electron chi connectivity index (χ4n) is 2.41. The third-order valence-electron chi connectivity index (χ3n) is 3.60. The van der Waals surface area contributed by atoms with Crippen molar-refractivity contribution in [2.75, 3.05) is 0 Å². The van der Waals surface area contributed by atoms with Gasteiger partial charge in [0.15, 0.2) is 0 Å². The molecule has 0 bridgehead atoms. The number of hydrogen-bond acceptors (Lipinski definition) is 2. The molecule has 0 aliphatic rings. The van der Waals surface area contributed by atoms with Gasteiger partial charge in [-0.05, 0) is 36.8 Å². The van der Waals surface area contributed by atoms with E-state index in [0.29, 0.717) is 10.0 Å². The molecule has 3 aromatic rings. The van der Waals surface area contributed by atoms with Crippen molar-refractivity contribution in [3.8, 4) is 0 Å². The molecule has 0 radical (unpaired) electrons. The van der Waals surface area contributed by atoms with Gasteiger partial charge >= 0.3 is 0 Å². The summed E-state index contributed by atoms with van der Waals surface area (Å²) in [6, 6.07) is 14.7. The monoisotopic (exact) mass is 347 g/mol. The average molecular weight is 348 g/mol. The lowest BCUT2D eigenvalue weighted by molar-refractivity contribution is -0.121. The van der Waals surface area contributed by atoms with Gasteiger partial charge in [0.2, 0.25) is 5.91 Å². The van der Waals surface area contributed by atoms with Crippen LogP contribution in [0.3, 0.4) is 0 Å². The van der Waals surface area contributed by atoms with Crippen molar-refractivity contribution in [2.45, 2.75) is 19.4 Å². The van der Waals surface area contributed by atoms with Gasteiger partial charge in [0.25, 0.3) is 0 Å². The second kappa shape index (κ2) is 6.65. The summed E-state index contributed by atoms with van der Waals surface area (Å²) in [4.78, 5) is 12.2. The Morgan fingerprint density at radius 3 is 2.65 bits per heavy atom. The van der Waals surface area contributed by atoms with Gasteiger partial charge in [0.05, 0.1) is 22.5 Å². The van der Waals surface area contributed by atoms with Crippen LogP contribution in [0.15, 0.2) is 52.9 Å². The predicted molar refractivity (Wildman–Crippen MR) is 92.9 cm³/mol. The first-order chi connectivity index (χ1) is 11.0. The van der Waals surface area contributed by atoms with Crippen molar-refractivity contribution in [1.29, 1.82) is 0 Å². The minimum absolute atomic E-state index is 0.101. The van der Waals surface area contributed by atoms with Crippen LogP contribution in [0.25, 0.3) is 11.0 Å². The first kappa shape index (κ1) is 15.9. The summed E-state index contributed by atoms with van der Waals surface area (Å²) in [7, 11) is 0. The highest BCUT2D eigenvalue weighted by Gasteiger charge is 2.14. The van der Waals surface area contributed by atoms with Gasteiger partial charge in [0, 0.05) is 5.39 Å². The molecule has 0 unspecified atom stereocenters. The summed E-state index contributed by atoms with van der Waals surface area (Å²) < 4.78 is 5.76. The number of para-hydroxylation sites is 1. The van der Waals surface area contributed by atoms with Gasteiger partial charge in [-0.1, -0.05) is 47.5 Å². The lowest BCUT2D eigenvalue weighted by Crippen LogP contribution is -2.27. The predicted octanol–water partition coefficient (Wildman–Crippen LogP) is 5.16. The standard InChI is InChI=1S/C18H15Cl2NO2/c1-11(17-10-13-4-2-3-5-16(13)23-17)21-18(22)9-12-6-7-14(19)15(20)8-12/h2-8,10-11H,9H2,1H3,(H,21,22)/t11-/m1/s1. The SMILES string of the molecule is C[C@@H](NC(=O)Cc1ccc(Cl)c(Cl)c1)c1cc2ccccc2o1. The van der Waals surface area contributed by atoms with Crippen molar-refractivity contribution >= 4 is 40.1 Å². The van der Waals surface area contributed by atoms with Gasteiger partial charge in [-0.3, -0.25) is 4.79 Å². The molecule has 0 saturated carbocycles. The van der Waals surface area contributed by atoms with Crippen LogP contribution in [-0.2, 0) is 11.2 Å². The molecule has 0 fully saturated rings.